The second-order valence-electron chi connectivity index (χ2n) is 6.63. The van der Waals surface area contributed by atoms with Gasteiger partial charge in [-0.1, -0.05) is 29.8 Å². The van der Waals surface area contributed by atoms with E-state index < -0.39 is 5.97 Å². The molecule has 1 N–H and O–H groups in total. The fraction of sp³-hybridized carbons (Fsp3) is 0.350. The van der Waals surface area contributed by atoms with Gasteiger partial charge in [0.1, 0.15) is 4.88 Å². The Morgan fingerprint density at radius 1 is 1.14 bits per heavy atom. The molecule has 0 atom stereocenters. The summed E-state index contributed by atoms with van der Waals surface area (Å²) in [7, 11) is 1.31. The molecule has 1 fully saturated rings. The zero-order valence-electron chi connectivity index (χ0n) is 16.0. The number of halogens is 1. The molecule has 9 heteroatoms. The molecule has 1 aliphatic rings. The summed E-state index contributed by atoms with van der Waals surface area (Å²) in [4.78, 5) is 40.7. The molecule has 2 amide bonds. The van der Waals surface area contributed by atoms with E-state index in [4.69, 9.17) is 16.3 Å². The van der Waals surface area contributed by atoms with Gasteiger partial charge in [-0.3, -0.25) is 14.5 Å². The number of nitrogens with zero attached hydrogens (tertiary/aromatic N) is 2. The maximum Gasteiger partial charge on any atom is 0.350 e. The minimum Gasteiger partial charge on any atom is -0.465 e. The number of benzene rings is 1. The van der Waals surface area contributed by atoms with Crippen LogP contribution >= 0.6 is 22.9 Å². The Hall–Kier alpha value is -2.42. The SMILES string of the molecule is COC(=O)c1sccc1NC(=O)CN1CCN(C(=O)Cc2ccccc2Cl)CC1. The highest BCUT2D eigenvalue weighted by molar-refractivity contribution is 7.12. The molecule has 0 radical (unpaired) electrons. The summed E-state index contributed by atoms with van der Waals surface area (Å²) in [6, 6.07) is 9.02. The number of esters is 1. The first-order valence-corrected chi connectivity index (χ1v) is 10.4. The van der Waals surface area contributed by atoms with Gasteiger partial charge in [0.25, 0.3) is 0 Å². The highest BCUT2D eigenvalue weighted by Crippen LogP contribution is 2.23. The summed E-state index contributed by atoms with van der Waals surface area (Å²) in [5, 5.41) is 5.08. The molecule has 1 aliphatic heterocycles. The van der Waals surface area contributed by atoms with Crippen molar-refractivity contribution < 1.29 is 19.1 Å². The molecule has 154 valence electrons. The van der Waals surface area contributed by atoms with Gasteiger partial charge in [-0.15, -0.1) is 11.3 Å². The van der Waals surface area contributed by atoms with Crippen molar-refractivity contribution >= 4 is 46.4 Å². The van der Waals surface area contributed by atoms with Crippen molar-refractivity contribution in [1.82, 2.24) is 9.80 Å². The standard InChI is InChI=1S/C20H22ClN3O4S/c1-28-20(27)19-16(6-11-29-19)22-17(25)13-23-7-9-24(10-8-23)18(26)12-14-4-2-3-5-15(14)21/h2-6,11H,7-10,12-13H2,1H3,(H,22,25). The van der Waals surface area contributed by atoms with Crippen LogP contribution in [-0.4, -0.2) is 67.4 Å². The molecular weight excluding hydrogens is 414 g/mol. The first-order chi connectivity index (χ1) is 14.0. The number of rotatable bonds is 6. The number of amides is 2. The zero-order valence-corrected chi connectivity index (χ0v) is 17.6. The molecule has 0 aliphatic carbocycles. The summed E-state index contributed by atoms with van der Waals surface area (Å²) in [5.41, 5.74) is 1.28. The zero-order chi connectivity index (χ0) is 20.8. The van der Waals surface area contributed by atoms with Crippen molar-refractivity contribution in [3.8, 4) is 0 Å². The minimum absolute atomic E-state index is 0.0307. The van der Waals surface area contributed by atoms with Gasteiger partial charge in [0.2, 0.25) is 11.8 Å². The fourth-order valence-electron chi connectivity index (χ4n) is 3.12. The summed E-state index contributed by atoms with van der Waals surface area (Å²) in [5.74, 6) is -0.645. The Morgan fingerprint density at radius 3 is 2.55 bits per heavy atom. The van der Waals surface area contributed by atoms with Crippen LogP contribution in [0, 0.1) is 0 Å². The van der Waals surface area contributed by atoms with E-state index in [9.17, 15) is 14.4 Å². The molecular formula is C20H22ClN3O4S. The molecule has 3 rings (SSSR count). The van der Waals surface area contributed by atoms with Crippen LogP contribution in [-0.2, 0) is 20.7 Å². The van der Waals surface area contributed by atoms with Gasteiger partial charge in [-0.2, -0.15) is 0 Å². The van der Waals surface area contributed by atoms with Gasteiger partial charge < -0.3 is 15.0 Å². The molecule has 0 unspecified atom stereocenters. The lowest BCUT2D eigenvalue weighted by atomic mass is 10.1. The van der Waals surface area contributed by atoms with Crippen LogP contribution in [0.5, 0.6) is 0 Å². The van der Waals surface area contributed by atoms with Crippen LogP contribution in [0.4, 0.5) is 5.69 Å². The molecule has 0 spiro atoms. The lowest BCUT2D eigenvalue weighted by molar-refractivity contribution is -0.132. The largest absolute Gasteiger partial charge is 0.465 e. The van der Waals surface area contributed by atoms with Crippen molar-refractivity contribution in [3.05, 3.63) is 51.2 Å². The lowest BCUT2D eigenvalue weighted by Crippen LogP contribution is -2.50. The highest BCUT2D eigenvalue weighted by atomic mass is 35.5. The van der Waals surface area contributed by atoms with Gasteiger partial charge in [0.15, 0.2) is 0 Å². The van der Waals surface area contributed by atoms with Gasteiger partial charge >= 0.3 is 5.97 Å². The second kappa shape index (κ2) is 9.87. The number of nitrogens with one attached hydrogen (secondary N) is 1. The number of anilines is 1. The third-order valence-corrected chi connectivity index (χ3v) is 5.97. The van der Waals surface area contributed by atoms with E-state index in [0.29, 0.717) is 41.8 Å². The number of carbonyl (C=O) groups is 3. The summed E-state index contributed by atoms with van der Waals surface area (Å²) in [6.45, 7) is 2.53. The number of hydrogen-bond donors (Lipinski definition) is 1. The lowest BCUT2D eigenvalue weighted by Gasteiger charge is -2.34. The van der Waals surface area contributed by atoms with Crippen LogP contribution in [0.3, 0.4) is 0 Å². The summed E-state index contributed by atoms with van der Waals surface area (Å²) in [6.07, 6.45) is 0.272. The maximum atomic E-state index is 12.5. The van der Waals surface area contributed by atoms with Gasteiger partial charge in [0, 0.05) is 31.2 Å². The summed E-state index contributed by atoms with van der Waals surface area (Å²) < 4.78 is 4.71. The smallest absolute Gasteiger partial charge is 0.350 e. The number of hydrogen-bond acceptors (Lipinski definition) is 6. The van der Waals surface area contributed by atoms with E-state index in [1.54, 1.807) is 22.4 Å². The highest BCUT2D eigenvalue weighted by Gasteiger charge is 2.23. The molecule has 0 saturated carbocycles. The first-order valence-electron chi connectivity index (χ1n) is 9.17. The van der Waals surface area contributed by atoms with Crippen LogP contribution in [0.25, 0.3) is 0 Å². The van der Waals surface area contributed by atoms with E-state index in [2.05, 4.69) is 5.32 Å². The van der Waals surface area contributed by atoms with Crippen molar-refractivity contribution in [3.63, 3.8) is 0 Å². The Bertz CT molecular complexity index is 893. The number of thiophene rings is 1. The number of piperazine rings is 1. The third-order valence-electron chi connectivity index (χ3n) is 4.70. The molecule has 7 nitrogen and oxygen atoms in total. The molecule has 0 bridgehead atoms. The van der Waals surface area contributed by atoms with Crippen molar-refractivity contribution in [2.24, 2.45) is 0 Å². The number of carbonyl (C=O) groups excluding carboxylic acids is 3. The maximum absolute atomic E-state index is 12.5. The normalized spacial score (nSPS) is 14.5. The Morgan fingerprint density at radius 2 is 1.86 bits per heavy atom. The number of methoxy groups -OCH3 is 1. The molecule has 29 heavy (non-hydrogen) atoms. The Balaban J connectivity index is 1.47. The van der Waals surface area contributed by atoms with Crippen LogP contribution < -0.4 is 5.32 Å². The fourth-order valence-corrected chi connectivity index (χ4v) is 4.09. The van der Waals surface area contributed by atoms with E-state index in [1.807, 2.05) is 23.1 Å². The second-order valence-corrected chi connectivity index (χ2v) is 7.95. The summed E-state index contributed by atoms with van der Waals surface area (Å²) >= 11 is 7.35. The van der Waals surface area contributed by atoms with E-state index in [1.165, 1.54) is 18.4 Å². The van der Waals surface area contributed by atoms with Crippen LogP contribution in [0.2, 0.25) is 5.02 Å². The van der Waals surface area contributed by atoms with E-state index in [0.717, 1.165) is 5.56 Å². The van der Waals surface area contributed by atoms with Crippen LogP contribution in [0.1, 0.15) is 15.2 Å². The molecule has 1 aromatic carbocycles. The molecule has 1 saturated heterocycles. The minimum atomic E-state index is -0.471. The van der Waals surface area contributed by atoms with Crippen molar-refractivity contribution in [2.75, 3.05) is 45.2 Å². The van der Waals surface area contributed by atoms with E-state index >= 15 is 0 Å². The molecule has 1 aromatic heterocycles. The monoisotopic (exact) mass is 435 g/mol. The van der Waals surface area contributed by atoms with Gasteiger partial charge in [-0.05, 0) is 23.1 Å². The van der Waals surface area contributed by atoms with Crippen LogP contribution in [0.15, 0.2) is 35.7 Å². The third kappa shape index (κ3) is 5.56. The topological polar surface area (TPSA) is 79.0 Å². The Labute approximate surface area is 178 Å². The van der Waals surface area contributed by atoms with Crippen molar-refractivity contribution in [2.45, 2.75) is 6.42 Å². The average molecular weight is 436 g/mol. The molecule has 2 heterocycles. The van der Waals surface area contributed by atoms with Crippen molar-refractivity contribution in [1.29, 1.82) is 0 Å². The van der Waals surface area contributed by atoms with Gasteiger partial charge in [0.05, 0.1) is 25.8 Å². The Kier molecular flexibility index (Phi) is 7.24. The molecule has 2 aromatic rings. The number of ether oxygens (including phenoxy) is 1. The van der Waals surface area contributed by atoms with E-state index in [-0.39, 0.29) is 24.8 Å². The first kappa shape index (κ1) is 21.3. The predicted octanol–water partition coefficient (Wildman–Crippen LogP) is 2.51. The predicted molar refractivity (Wildman–Crippen MR) is 112 cm³/mol. The quantitative estimate of drug-likeness (QED) is 0.705. The van der Waals surface area contributed by atoms with Gasteiger partial charge in [-0.25, -0.2) is 4.79 Å². The average Bonchev–Trinajstić information content (AvgIpc) is 3.17.